The van der Waals surface area contributed by atoms with Crippen LogP contribution in [0.3, 0.4) is 0 Å². The van der Waals surface area contributed by atoms with Crippen molar-refractivity contribution in [3.05, 3.63) is 28.5 Å². The number of hydrogen-bond acceptors (Lipinski definition) is 3. The van der Waals surface area contributed by atoms with Gasteiger partial charge in [0.1, 0.15) is 5.82 Å². The van der Waals surface area contributed by atoms with Crippen LogP contribution in [0.25, 0.3) is 0 Å². The average Bonchev–Trinajstić information content (AvgIpc) is 2.30. The molecule has 0 saturated heterocycles. The van der Waals surface area contributed by atoms with E-state index in [0.717, 1.165) is 6.07 Å². The maximum absolute atomic E-state index is 13.6. The molecule has 1 aromatic carbocycles. The molecule has 0 aliphatic heterocycles. The second-order valence-electron chi connectivity index (χ2n) is 5.79. The van der Waals surface area contributed by atoms with Crippen molar-refractivity contribution in [3.63, 3.8) is 0 Å². The van der Waals surface area contributed by atoms with Gasteiger partial charge in [0.15, 0.2) is 0 Å². The quantitative estimate of drug-likeness (QED) is 0.875. The smallest absolute Gasteiger partial charge is 0.240 e. The molecule has 0 heterocycles. The van der Waals surface area contributed by atoms with E-state index < -0.39 is 15.8 Å². The van der Waals surface area contributed by atoms with Gasteiger partial charge in [0.25, 0.3) is 0 Å². The van der Waals surface area contributed by atoms with Crippen LogP contribution in [0, 0.1) is 11.2 Å². The molecule has 0 aliphatic carbocycles. The van der Waals surface area contributed by atoms with Gasteiger partial charge >= 0.3 is 0 Å². The Morgan fingerprint density at radius 1 is 1.35 bits per heavy atom. The topological polar surface area (TPSA) is 72.2 Å². The van der Waals surface area contributed by atoms with Crippen LogP contribution in [-0.2, 0) is 16.6 Å². The fraction of sp³-hybridized carbons (Fsp3) is 0.538. The fourth-order valence-electron chi connectivity index (χ4n) is 1.57. The molecule has 0 fully saturated rings. The van der Waals surface area contributed by atoms with Gasteiger partial charge in [-0.25, -0.2) is 17.5 Å². The predicted octanol–water partition coefficient (Wildman–Crippen LogP) is 2.65. The Morgan fingerprint density at radius 2 is 1.95 bits per heavy atom. The zero-order valence-corrected chi connectivity index (χ0v) is 13.4. The molecule has 0 radical (unpaired) electrons. The average molecular weight is 323 g/mol. The summed E-state index contributed by atoms with van der Waals surface area (Å²) in [5.41, 5.74) is 5.70. The van der Waals surface area contributed by atoms with Crippen LogP contribution < -0.4 is 10.5 Å². The lowest BCUT2D eigenvalue weighted by Crippen LogP contribution is -2.27. The minimum atomic E-state index is -3.76. The second kappa shape index (κ2) is 6.39. The van der Waals surface area contributed by atoms with Gasteiger partial charge in [-0.15, -0.1) is 0 Å². The van der Waals surface area contributed by atoms with Crippen LogP contribution in [0.5, 0.6) is 0 Å². The number of benzene rings is 1. The monoisotopic (exact) mass is 322 g/mol. The summed E-state index contributed by atoms with van der Waals surface area (Å²) in [5.74, 6) is -0.786. The normalized spacial score (nSPS) is 12.7. The number of rotatable bonds is 5. The lowest BCUT2D eigenvalue weighted by Gasteiger charge is -2.18. The van der Waals surface area contributed by atoms with E-state index in [0.29, 0.717) is 6.42 Å². The van der Waals surface area contributed by atoms with E-state index in [9.17, 15) is 12.8 Å². The van der Waals surface area contributed by atoms with Gasteiger partial charge in [-0.05, 0) is 29.5 Å². The first-order chi connectivity index (χ1) is 9.07. The molecule has 3 N–H and O–H groups in total. The largest absolute Gasteiger partial charge is 0.326 e. The first-order valence-corrected chi connectivity index (χ1v) is 8.10. The third kappa shape index (κ3) is 4.70. The Labute approximate surface area is 124 Å². The minimum Gasteiger partial charge on any atom is -0.326 e. The summed E-state index contributed by atoms with van der Waals surface area (Å²) >= 11 is 5.71. The number of sulfonamides is 1. The molecule has 0 saturated carbocycles. The second-order valence-corrected chi connectivity index (χ2v) is 7.94. The van der Waals surface area contributed by atoms with E-state index in [1.807, 2.05) is 20.8 Å². The molecule has 0 unspecified atom stereocenters. The van der Waals surface area contributed by atoms with E-state index in [-0.39, 0.29) is 34.0 Å². The van der Waals surface area contributed by atoms with E-state index in [4.69, 9.17) is 17.3 Å². The first-order valence-electron chi connectivity index (χ1n) is 6.24. The molecule has 1 rings (SSSR count). The highest BCUT2D eigenvalue weighted by Gasteiger charge is 2.19. The molecule has 1 aromatic rings. The lowest BCUT2D eigenvalue weighted by atomic mass is 9.93. The van der Waals surface area contributed by atoms with Crippen LogP contribution in [0.4, 0.5) is 4.39 Å². The minimum absolute atomic E-state index is 0.0101. The molecule has 0 aromatic heterocycles. The third-order valence-corrected chi connectivity index (χ3v) is 4.64. The van der Waals surface area contributed by atoms with Crippen LogP contribution >= 0.6 is 11.6 Å². The summed E-state index contributed by atoms with van der Waals surface area (Å²) < 4.78 is 40.2. The van der Waals surface area contributed by atoms with Crippen molar-refractivity contribution in [2.75, 3.05) is 6.54 Å². The van der Waals surface area contributed by atoms with Gasteiger partial charge in [-0.2, -0.15) is 0 Å². The van der Waals surface area contributed by atoms with Crippen LogP contribution in [-0.4, -0.2) is 15.0 Å². The van der Waals surface area contributed by atoms with E-state index >= 15 is 0 Å². The number of halogens is 2. The van der Waals surface area contributed by atoms with Crippen molar-refractivity contribution in [2.24, 2.45) is 11.1 Å². The molecule has 0 amide bonds. The summed E-state index contributed by atoms with van der Waals surface area (Å²) in [6.45, 7) is 6.29. The van der Waals surface area contributed by atoms with Gasteiger partial charge in [-0.1, -0.05) is 32.4 Å². The van der Waals surface area contributed by atoms with Crippen LogP contribution in [0.2, 0.25) is 5.02 Å². The van der Waals surface area contributed by atoms with Crippen molar-refractivity contribution in [1.29, 1.82) is 0 Å². The van der Waals surface area contributed by atoms with Crippen molar-refractivity contribution in [2.45, 2.75) is 38.6 Å². The fourth-order valence-corrected chi connectivity index (χ4v) is 2.85. The predicted molar refractivity (Wildman–Crippen MR) is 78.6 cm³/mol. The summed E-state index contributed by atoms with van der Waals surface area (Å²) in [5, 5.41) is -0.138. The SMILES string of the molecule is CC(C)(C)CCNS(=O)(=O)c1cc(F)c(Cl)c(CN)c1. The Kier molecular flexibility index (Phi) is 5.54. The number of nitrogens with one attached hydrogen (secondary N) is 1. The Bertz CT molecular complexity index is 583. The molecule has 0 bridgehead atoms. The zero-order valence-electron chi connectivity index (χ0n) is 11.8. The highest BCUT2D eigenvalue weighted by molar-refractivity contribution is 7.89. The van der Waals surface area contributed by atoms with Crippen molar-refractivity contribution in [1.82, 2.24) is 4.72 Å². The molecular weight excluding hydrogens is 303 g/mol. The van der Waals surface area contributed by atoms with Crippen LogP contribution in [0.15, 0.2) is 17.0 Å². The van der Waals surface area contributed by atoms with Crippen molar-refractivity contribution < 1.29 is 12.8 Å². The highest BCUT2D eigenvalue weighted by atomic mass is 35.5. The van der Waals surface area contributed by atoms with E-state index in [1.165, 1.54) is 6.07 Å². The molecule has 0 aliphatic rings. The maximum Gasteiger partial charge on any atom is 0.240 e. The maximum atomic E-state index is 13.6. The molecule has 114 valence electrons. The van der Waals surface area contributed by atoms with E-state index in [1.54, 1.807) is 0 Å². The Hall–Kier alpha value is -0.690. The highest BCUT2D eigenvalue weighted by Crippen LogP contribution is 2.24. The molecular formula is C13H20ClFN2O2S. The third-order valence-electron chi connectivity index (χ3n) is 2.77. The van der Waals surface area contributed by atoms with Gasteiger partial charge in [-0.3, -0.25) is 0 Å². The van der Waals surface area contributed by atoms with Gasteiger partial charge < -0.3 is 5.73 Å². The van der Waals surface area contributed by atoms with Crippen molar-refractivity contribution >= 4 is 21.6 Å². The molecule has 0 atom stereocenters. The Morgan fingerprint density at radius 3 is 2.45 bits per heavy atom. The number of nitrogens with two attached hydrogens (primary N) is 1. The molecule has 4 nitrogen and oxygen atoms in total. The number of hydrogen-bond donors (Lipinski definition) is 2. The van der Waals surface area contributed by atoms with E-state index in [2.05, 4.69) is 4.72 Å². The Balaban J connectivity index is 2.96. The zero-order chi connectivity index (χ0) is 15.6. The van der Waals surface area contributed by atoms with Gasteiger partial charge in [0.05, 0.1) is 9.92 Å². The summed E-state index contributed by atoms with van der Waals surface area (Å²) in [4.78, 5) is -0.159. The van der Waals surface area contributed by atoms with Gasteiger partial charge in [0, 0.05) is 13.1 Å². The summed E-state index contributed by atoms with van der Waals surface area (Å²) in [7, 11) is -3.76. The molecule has 0 spiro atoms. The van der Waals surface area contributed by atoms with Crippen LogP contribution in [0.1, 0.15) is 32.8 Å². The molecule has 20 heavy (non-hydrogen) atoms. The first kappa shape index (κ1) is 17.4. The lowest BCUT2D eigenvalue weighted by molar-refractivity contribution is 0.378. The standard InChI is InChI=1S/C13H20ClFN2O2S/c1-13(2,3)4-5-17-20(18,19)10-6-9(8-16)12(14)11(15)7-10/h6-7,17H,4-5,8,16H2,1-3H3. The summed E-state index contributed by atoms with van der Waals surface area (Å²) in [6, 6.07) is 2.20. The molecule has 7 heteroatoms. The van der Waals surface area contributed by atoms with Gasteiger partial charge in [0.2, 0.25) is 10.0 Å². The van der Waals surface area contributed by atoms with Crippen molar-refractivity contribution in [3.8, 4) is 0 Å². The summed E-state index contributed by atoms with van der Waals surface area (Å²) in [6.07, 6.45) is 0.673.